The molecule has 0 aromatic carbocycles. The first-order chi connectivity index (χ1) is 11.3. The molecule has 0 atom stereocenters. The van der Waals surface area contributed by atoms with Crippen LogP contribution in [-0.2, 0) is 0 Å². The van der Waals surface area contributed by atoms with Crippen molar-refractivity contribution in [2.45, 2.75) is 25.2 Å². The highest BCUT2D eigenvalue weighted by Gasteiger charge is 2.24. The lowest BCUT2D eigenvalue weighted by molar-refractivity contribution is 0.410. The van der Waals surface area contributed by atoms with Crippen LogP contribution >= 0.6 is 15.9 Å². The quantitative estimate of drug-likeness (QED) is 0.822. The molecular formula is C16H19BrN6. The number of hydrogen-bond donors (Lipinski definition) is 0. The van der Waals surface area contributed by atoms with Gasteiger partial charge in [-0.25, -0.2) is 19.9 Å². The largest absolute Gasteiger partial charge is 0.353 e. The smallest absolute Gasteiger partial charge is 0.225 e. The molecule has 0 N–H and O–H groups in total. The topological polar surface area (TPSA) is 58.0 Å². The molecule has 4 rings (SSSR count). The molecule has 0 radical (unpaired) electrons. The molecule has 2 aromatic rings. The molecule has 23 heavy (non-hydrogen) atoms. The maximum absolute atomic E-state index is 4.47. The van der Waals surface area contributed by atoms with Crippen LogP contribution in [-0.4, -0.2) is 46.1 Å². The fourth-order valence-electron chi connectivity index (χ4n) is 3.07. The first-order valence-electron chi connectivity index (χ1n) is 8.09. The van der Waals surface area contributed by atoms with Crippen LogP contribution < -0.4 is 9.80 Å². The molecular weight excluding hydrogens is 356 g/mol. The van der Waals surface area contributed by atoms with Crippen molar-refractivity contribution in [1.82, 2.24) is 19.9 Å². The van der Waals surface area contributed by atoms with E-state index in [1.807, 2.05) is 0 Å². The zero-order valence-corrected chi connectivity index (χ0v) is 14.5. The highest BCUT2D eigenvalue weighted by molar-refractivity contribution is 9.10. The summed E-state index contributed by atoms with van der Waals surface area (Å²) in [7, 11) is 0. The van der Waals surface area contributed by atoms with Crippen LogP contribution in [0, 0.1) is 0 Å². The molecule has 3 heterocycles. The molecule has 0 spiro atoms. The van der Waals surface area contributed by atoms with Gasteiger partial charge in [-0.05, 0) is 28.8 Å². The lowest BCUT2D eigenvalue weighted by Gasteiger charge is -2.35. The van der Waals surface area contributed by atoms with Gasteiger partial charge in [-0.2, -0.15) is 0 Å². The summed E-state index contributed by atoms with van der Waals surface area (Å²) in [5, 5.41) is 0. The second-order valence-electron chi connectivity index (χ2n) is 6.10. The number of nitrogens with zero attached hydrogens (tertiary/aromatic N) is 6. The van der Waals surface area contributed by atoms with Crippen molar-refractivity contribution in [3.05, 3.63) is 35.0 Å². The van der Waals surface area contributed by atoms with E-state index < -0.39 is 0 Å². The Hall–Kier alpha value is -1.76. The van der Waals surface area contributed by atoms with E-state index >= 15 is 0 Å². The molecule has 2 fully saturated rings. The Kier molecular flexibility index (Phi) is 4.11. The van der Waals surface area contributed by atoms with E-state index in [-0.39, 0.29) is 0 Å². The maximum Gasteiger partial charge on any atom is 0.225 e. The molecule has 0 amide bonds. The van der Waals surface area contributed by atoms with Crippen molar-refractivity contribution >= 4 is 27.7 Å². The fourth-order valence-corrected chi connectivity index (χ4v) is 3.27. The van der Waals surface area contributed by atoms with Gasteiger partial charge in [-0.15, -0.1) is 0 Å². The van der Waals surface area contributed by atoms with Crippen molar-refractivity contribution in [1.29, 1.82) is 0 Å². The summed E-state index contributed by atoms with van der Waals surface area (Å²) in [6, 6.07) is 2.18. The van der Waals surface area contributed by atoms with E-state index in [4.69, 9.17) is 0 Å². The van der Waals surface area contributed by atoms with Crippen LogP contribution in [0.2, 0.25) is 0 Å². The van der Waals surface area contributed by atoms with Crippen molar-refractivity contribution < 1.29 is 0 Å². The van der Waals surface area contributed by atoms with Gasteiger partial charge in [0.2, 0.25) is 5.95 Å². The van der Waals surface area contributed by atoms with Crippen molar-refractivity contribution in [3.63, 3.8) is 0 Å². The summed E-state index contributed by atoms with van der Waals surface area (Å²) in [5.41, 5.74) is 1.21. The standard InChI is InChI=1S/C16H19BrN6/c17-13-9-18-16(19-10-13)23-6-4-22(5-7-23)15-8-14(20-11-21-15)12-2-1-3-12/h8-12H,1-7H2. The Labute approximate surface area is 144 Å². The number of anilines is 2. The second-order valence-corrected chi connectivity index (χ2v) is 7.02. The lowest BCUT2D eigenvalue weighted by Crippen LogP contribution is -2.47. The van der Waals surface area contributed by atoms with Gasteiger partial charge < -0.3 is 9.80 Å². The first kappa shape index (κ1) is 14.8. The van der Waals surface area contributed by atoms with E-state index in [1.54, 1.807) is 18.7 Å². The normalized spacial score (nSPS) is 18.8. The fraction of sp³-hybridized carbons (Fsp3) is 0.500. The third kappa shape index (κ3) is 3.15. The van der Waals surface area contributed by atoms with Crippen molar-refractivity contribution in [2.75, 3.05) is 36.0 Å². The molecule has 1 aliphatic carbocycles. The highest BCUT2D eigenvalue weighted by Crippen LogP contribution is 2.35. The van der Waals surface area contributed by atoms with Crippen LogP contribution in [0.5, 0.6) is 0 Å². The number of halogens is 1. The van der Waals surface area contributed by atoms with Gasteiger partial charge in [0.15, 0.2) is 0 Å². The zero-order chi connectivity index (χ0) is 15.6. The van der Waals surface area contributed by atoms with Gasteiger partial charge in [-0.1, -0.05) is 6.42 Å². The molecule has 7 heteroatoms. The summed E-state index contributed by atoms with van der Waals surface area (Å²) in [6.07, 6.45) is 9.17. The molecule has 1 saturated heterocycles. The Balaban J connectivity index is 1.42. The Morgan fingerprint density at radius 3 is 2.26 bits per heavy atom. The second kappa shape index (κ2) is 6.39. The third-order valence-electron chi connectivity index (χ3n) is 4.69. The van der Waals surface area contributed by atoms with Crippen LogP contribution in [0.1, 0.15) is 30.9 Å². The molecule has 2 aliphatic rings. The number of rotatable bonds is 3. The molecule has 2 aromatic heterocycles. The van der Waals surface area contributed by atoms with Gasteiger partial charge in [-0.3, -0.25) is 0 Å². The minimum Gasteiger partial charge on any atom is -0.353 e. The predicted octanol–water partition coefficient (Wildman–Crippen LogP) is 2.62. The van der Waals surface area contributed by atoms with Gasteiger partial charge in [0.25, 0.3) is 0 Å². The lowest BCUT2D eigenvalue weighted by atomic mass is 9.83. The summed E-state index contributed by atoms with van der Waals surface area (Å²) < 4.78 is 0.907. The summed E-state index contributed by atoms with van der Waals surface area (Å²) in [5.74, 6) is 2.50. The van der Waals surface area contributed by atoms with Crippen LogP contribution in [0.3, 0.4) is 0 Å². The monoisotopic (exact) mass is 374 g/mol. The van der Waals surface area contributed by atoms with E-state index in [9.17, 15) is 0 Å². The Bertz CT molecular complexity index is 665. The first-order valence-corrected chi connectivity index (χ1v) is 8.88. The zero-order valence-electron chi connectivity index (χ0n) is 12.9. The summed E-state index contributed by atoms with van der Waals surface area (Å²) in [6.45, 7) is 3.68. The van der Waals surface area contributed by atoms with Gasteiger partial charge in [0, 0.05) is 56.3 Å². The van der Waals surface area contributed by atoms with Crippen molar-refractivity contribution in [3.8, 4) is 0 Å². The van der Waals surface area contributed by atoms with Gasteiger partial charge >= 0.3 is 0 Å². The minimum atomic E-state index is 0.647. The Morgan fingerprint density at radius 2 is 1.61 bits per heavy atom. The summed E-state index contributed by atoms with van der Waals surface area (Å²) in [4.78, 5) is 22.2. The molecule has 0 unspecified atom stereocenters. The maximum atomic E-state index is 4.47. The summed E-state index contributed by atoms with van der Waals surface area (Å²) >= 11 is 3.37. The molecule has 0 bridgehead atoms. The van der Waals surface area contributed by atoms with Crippen LogP contribution in [0.4, 0.5) is 11.8 Å². The molecule has 6 nitrogen and oxygen atoms in total. The van der Waals surface area contributed by atoms with Gasteiger partial charge in [0.05, 0.1) is 4.47 Å². The van der Waals surface area contributed by atoms with E-state index in [0.717, 1.165) is 42.4 Å². The van der Waals surface area contributed by atoms with Crippen LogP contribution in [0.25, 0.3) is 0 Å². The van der Waals surface area contributed by atoms with E-state index in [1.165, 1.54) is 25.0 Å². The number of piperazine rings is 1. The Morgan fingerprint density at radius 1 is 0.913 bits per heavy atom. The van der Waals surface area contributed by atoms with E-state index in [0.29, 0.717) is 5.92 Å². The third-order valence-corrected chi connectivity index (χ3v) is 5.10. The highest BCUT2D eigenvalue weighted by atomic mass is 79.9. The predicted molar refractivity (Wildman–Crippen MR) is 92.8 cm³/mol. The molecule has 120 valence electrons. The minimum absolute atomic E-state index is 0.647. The molecule has 1 saturated carbocycles. The molecule has 1 aliphatic heterocycles. The van der Waals surface area contributed by atoms with Gasteiger partial charge in [0.1, 0.15) is 12.1 Å². The van der Waals surface area contributed by atoms with Crippen molar-refractivity contribution in [2.24, 2.45) is 0 Å². The average molecular weight is 375 g/mol. The number of aromatic nitrogens is 4. The number of hydrogen-bond acceptors (Lipinski definition) is 6. The SMILES string of the molecule is Brc1cnc(N2CCN(c3cc(C4CCC4)ncn3)CC2)nc1. The average Bonchev–Trinajstić information content (AvgIpc) is 2.55. The van der Waals surface area contributed by atoms with Crippen LogP contribution in [0.15, 0.2) is 29.3 Å². The van der Waals surface area contributed by atoms with E-state index in [2.05, 4.69) is 51.7 Å².